The summed E-state index contributed by atoms with van der Waals surface area (Å²) in [5.74, 6) is 2.18. The van der Waals surface area contributed by atoms with Crippen LogP contribution in [-0.4, -0.2) is 30.5 Å². The second-order valence-corrected chi connectivity index (χ2v) is 7.06. The van der Waals surface area contributed by atoms with E-state index in [1.54, 1.807) is 50.6 Å². The number of methoxy groups -OCH3 is 2. The van der Waals surface area contributed by atoms with Gasteiger partial charge in [-0.2, -0.15) is 0 Å². The summed E-state index contributed by atoms with van der Waals surface area (Å²) >= 11 is 0. The van der Waals surface area contributed by atoms with Crippen molar-refractivity contribution in [3.63, 3.8) is 0 Å². The second kappa shape index (κ2) is 8.65. The lowest BCUT2D eigenvalue weighted by atomic mass is 9.92. The van der Waals surface area contributed by atoms with Gasteiger partial charge in [-0.15, -0.1) is 0 Å². The normalized spacial score (nSPS) is 20.1. The average Bonchev–Trinajstić information content (AvgIpc) is 2.80. The highest BCUT2D eigenvalue weighted by atomic mass is 16.5. The summed E-state index contributed by atoms with van der Waals surface area (Å²) < 4.78 is 22.6. The summed E-state index contributed by atoms with van der Waals surface area (Å²) in [6, 6.07) is 20.3. The van der Waals surface area contributed by atoms with Crippen LogP contribution in [0, 0.1) is 0 Å². The van der Waals surface area contributed by atoms with Crippen molar-refractivity contribution in [1.29, 1.82) is 0 Å². The van der Waals surface area contributed by atoms with Gasteiger partial charge in [0.25, 0.3) is 0 Å². The van der Waals surface area contributed by atoms with E-state index in [4.69, 9.17) is 18.9 Å². The highest BCUT2D eigenvalue weighted by Gasteiger charge is 2.37. The van der Waals surface area contributed by atoms with Crippen LogP contribution in [-0.2, 0) is 6.61 Å². The molecule has 2 N–H and O–H groups in total. The average molecular weight is 408 g/mol. The van der Waals surface area contributed by atoms with Crippen LogP contribution in [0.5, 0.6) is 23.0 Å². The lowest BCUT2D eigenvalue weighted by molar-refractivity contribution is -0.0701. The molecule has 0 radical (unpaired) electrons. The molecule has 0 saturated carbocycles. The van der Waals surface area contributed by atoms with E-state index in [0.29, 0.717) is 40.7 Å². The molecule has 6 nitrogen and oxygen atoms in total. The predicted octanol–water partition coefficient (Wildman–Crippen LogP) is 3.81. The van der Waals surface area contributed by atoms with Crippen molar-refractivity contribution in [3.05, 3.63) is 83.4 Å². The number of aliphatic hydroxyl groups excluding tert-OH is 2. The summed E-state index contributed by atoms with van der Waals surface area (Å²) in [7, 11) is 3.10. The Kier molecular flexibility index (Phi) is 5.79. The molecule has 156 valence electrons. The van der Waals surface area contributed by atoms with E-state index in [2.05, 4.69) is 0 Å². The highest BCUT2D eigenvalue weighted by Crippen LogP contribution is 2.44. The Morgan fingerprint density at radius 2 is 1.63 bits per heavy atom. The minimum atomic E-state index is -1.13. The molecule has 3 atom stereocenters. The Bertz CT molecular complexity index is 1000. The topological polar surface area (TPSA) is 77.4 Å². The molecule has 0 aliphatic carbocycles. The molecule has 6 heteroatoms. The van der Waals surface area contributed by atoms with Gasteiger partial charge in [0.1, 0.15) is 30.3 Å². The number of hydrogen-bond donors (Lipinski definition) is 2. The van der Waals surface area contributed by atoms with Gasteiger partial charge in [-0.05, 0) is 35.4 Å². The maximum atomic E-state index is 10.7. The van der Waals surface area contributed by atoms with Crippen LogP contribution in [0.3, 0.4) is 0 Å². The molecule has 0 saturated heterocycles. The van der Waals surface area contributed by atoms with E-state index in [-0.39, 0.29) is 0 Å². The monoisotopic (exact) mass is 408 g/mol. The van der Waals surface area contributed by atoms with Crippen LogP contribution in [0.4, 0.5) is 0 Å². The summed E-state index contributed by atoms with van der Waals surface area (Å²) in [6.07, 6.45) is -2.99. The minimum Gasteiger partial charge on any atom is -0.493 e. The van der Waals surface area contributed by atoms with Gasteiger partial charge in [-0.1, -0.05) is 36.4 Å². The first-order valence-electron chi connectivity index (χ1n) is 9.66. The second-order valence-electron chi connectivity index (χ2n) is 7.06. The molecular formula is C24H24O6. The molecule has 3 aromatic rings. The Labute approximate surface area is 175 Å². The number of hydrogen-bond acceptors (Lipinski definition) is 6. The van der Waals surface area contributed by atoms with Gasteiger partial charge < -0.3 is 29.2 Å². The van der Waals surface area contributed by atoms with Crippen molar-refractivity contribution in [3.8, 4) is 23.0 Å². The zero-order valence-corrected chi connectivity index (χ0v) is 16.8. The third kappa shape index (κ3) is 3.92. The molecule has 0 aromatic heterocycles. The van der Waals surface area contributed by atoms with Gasteiger partial charge in [-0.3, -0.25) is 0 Å². The molecule has 3 unspecified atom stereocenters. The summed E-state index contributed by atoms with van der Waals surface area (Å²) in [5.41, 5.74) is 2.24. The molecule has 0 bridgehead atoms. The molecule has 1 aliphatic heterocycles. The first-order chi connectivity index (χ1) is 14.6. The SMILES string of the molecule is COc1ccc(C2Oc3cc(OCc4ccccc4)ccc3C(O)C2O)cc1OC. The van der Waals surface area contributed by atoms with Crippen molar-refractivity contribution in [1.82, 2.24) is 0 Å². The number of benzene rings is 3. The highest BCUT2D eigenvalue weighted by molar-refractivity contribution is 5.47. The van der Waals surface area contributed by atoms with Gasteiger partial charge in [0.2, 0.25) is 0 Å². The van der Waals surface area contributed by atoms with Gasteiger partial charge in [0.15, 0.2) is 17.6 Å². The van der Waals surface area contributed by atoms with E-state index in [1.165, 1.54) is 0 Å². The standard InChI is InChI=1S/C24H24O6/c1-27-19-11-8-16(12-21(19)28-2)24-23(26)22(25)18-10-9-17(13-20(18)30-24)29-14-15-6-4-3-5-7-15/h3-13,22-26H,14H2,1-2H3. The van der Waals surface area contributed by atoms with Gasteiger partial charge in [-0.25, -0.2) is 0 Å². The number of rotatable bonds is 6. The van der Waals surface area contributed by atoms with Crippen molar-refractivity contribution in [2.75, 3.05) is 14.2 Å². The lowest BCUT2D eigenvalue weighted by Crippen LogP contribution is -2.34. The van der Waals surface area contributed by atoms with E-state index < -0.39 is 18.3 Å². The van der Waals surface area contributed by atoms with Crippen LogP contribution < -0.4 is 18.9 Å². The maximum Gasteiger partial charge on any atom is 0.161 e. The largest absolute Gasteiger partial charge is 0.493 e. The number of fused-ring (bicyclic) bond motifs is 1. The van der Waals surface area contributed by atoms with Gasteiger partial charge in [0, 0.05) is 11.6 Å². The minimum absolute atomic E-state index is 0.421. The first kappa shape index (κ1) is 20.1. The zero-order chi connectivity index (χ0) is 21.1. The predicted molar refractivity (Wildman–Crippen MR) is 111 cm³/mol. The van der Waals surface area contributed by atoms with E-state index in [9.17, 15) is 10.2 Å². The van der Waals surface area contributed by atoms with Crippen LogP contribution >= 0.6 is 0 Å². The van der Waals surface area contributed by atoms with Gasteiger partial charge in [0.05, 0.1) is 14.2 Å². The molecular weight excluding hydrogens is 384 g/mol. The molecule has 0 amide bonds. The smallest absolute Gasteiger partial charge is 0.161 e. The van der Waals surface area contributed by atoms with Gasteiger partial charge >= 0.3 is 0 Å². The quantitative estimate of drug-likeness (QED) is 0.646. The number of aliphatic hydroxyl groups is 2. The van der Waals surface area contributed by atoms with Crippen LogP contribution in [0.15, 0.2) is 66.7 Å². The van der Waals surface area contributed by atoms with Crippen molar-refractivity contribution < 1.29 is 29.2 Å². The lowest BCUT2D eigenvalue weighted by Gasteiger charge is -2.34. The Morgan fingerprint density at radius 1 is 0.867 bits per heavy atom. The van der Waals surface area contributed by atoms with Crippen molar-refractivity contribution in [2.45, 2.75) is 24.9 Å². The van der Waals surface area contributed by atoms with Crippen molar-refractivity contribution in [2.24, 2.45) is 0 Å². The van der Waals surface area contributed by atoms with Crippen molar-refractivity contribution >= 4 is 0 Å². The molecule has 0 spiro atoms. The Morgan fingerprint density at radius 3 is 2.37 bits per heavy atom. The summed E-state index contributed by atoms with van der Waals surface area (Å²) in [4.78, 5) is 0. The molecule has 4 rings (SSSR count). The fourth-order valence-corrected chi connectivity index (χ4v) is 3.54. The molecule has 3 aromatic carbocycles. The molecule has 0 fully saturated rings. The third-order valence-corrected chi connectivity index (χ3v) is 5.18. The first-order valence-corrected chi connectivity index (χ1v) is 9.66. The van der Waals surface area contributed by atoms with Crippen LogP contribution in [0.2, 0.25) is 0 Å². The fraction of sp³-hybridized carbons (Fsp3) is 0.250. The van der Waals surface area contributed by atoms with E-state index in [1.807, 2.05) is 30.3 Å². The molecule has 1 aliphatic rings. The van der Waals surface area contributed by atoms with E-state index in [0.717, 1.165) is 5.56 Å². The zero-order valence-electron chi connectivity index (χ0n) is 16.8. The van der Waals surface area contributed by atoms with Crippen LogP contribution in [0.1, 0.15) is 28.9 Å². The summed E-state index contributed by atoms with van der Waals surface area (Å²) in [6.45, 7) is 0.421. The van der Waals surface area contributed by atoms with E-state index >= 15 is 0 Å². The van der Waals surface area contributed by atoms with Crippen LogP contribution in [0.25, 0.3) is 0 Å². The fourth-order valence-electron chi connectivity index (χ4n) is 3.54. The maximum absolute atomic E-state index is 10.7. The number of ether oxygens (including phenoxy) is 4. The molecule has 1 heterocycles. The third-order valence-electron chi connectivity index (χ3n) is 5.18. The Hall–Kier alpha value is -3.22. The molecule has 30 heavy (non-hydrogen) atoms. The Balaban J connectivity index is 1.58. The summed E-state index contributed by atoms with van der Waals surface area (Å²) in [5, 5.41) is 21.3.